The highest BCUT2D eigenvalue weighted by atomic mass is 32.2. The third-order valence-electron chi connectivity index (χ3n) is 2.80. The average molecular weight is 296 g/mol. The molecule has 0 aliphatic carbocycles. The highest BCUT2D eigenvalue weighted by Crippen LogP contribution is 2.20. The van der Waals surface area contributed by atoms with Gasteiger partial charge in [-0.2, -0.15) is 0 Å². The van der Waals surface area contributed by atoms with E-state index >= 15 is 0 Å². The number of hydrogen-bond acceptors (Lipinski definition) is 4. The van der Waals surface area contributed by atoms with Crippen molar-refractivity contribution in [3.8, 4) is 0 Å². The van der Waals surface area contributed by atoms with Crippen molar-refractivity contribution in [1.29, 1.82) is 0 Å². The van der Waals surface area contributed by atoms with Gasteiger partial charge in [-0.3, -0.25) is 0 Å². The van der Waals surface area contributed by atoms with Crippen LogP contribution in [0.4, 0.5) is 5.69 Å². The summed E-state index contributed by atoms with van der Waals surface area (Å²) in [6.45, 7) is 2.38. The Kier molecular flexibility index (Phi) is 4.24. The van der Waals surface area contributed by atoms with Crippen molar-refractivity contribution in [3.05, 3.63) is 46.7 Å². The smallest absolute Gasteiger partial charge is 0.240 e. The quantitative estimate of drug-likeness (QED) is 0.832. The Balaban J connectivity index is 2.04. The van der Waals surface area contributed by atoms with Gasteiger partial charge < -0.3 is 5.73 Å². The molecule has 19 heavy (non-hydrogen) atoms. The lowest BCUT2D eigenvalue weighted by atomic mass is 10.1. The summed E-state index contributed by atoms with van der Waals surface area (Å²) in [6, 6.07) is 10.1. The molecule has 1 heterocycles. The number of nitrogens with one attached hydrogen (secondary N) is 1. The fourth-order valence-electron chi connectivity index (χ4n) is 1.64. The van der Waals surface area contributed by atoms with Gasteiger partial charge in [0.1, 0.15) is 0 Å². The molecule has 0 bridgehead atoms. The molecule has 0 radical (unpaired) electrons. The Labute approximate surface area is 117 Å². The number of thiophene rings is 1. The minimum absolute atomic E-state index is 0.156. The van der Waals surface area contributed by atoms with Crippen molar-refractivity contribution >= 4 is 27.0 Å². The Morgan fingerprint density at radius 1 is 1.26 bits per heavy atom. The molecule has 0 saturated heterocycles. The van der Waals surface area contributed by atoms with E-state index in [0.717, 1.165) is 0 Å². The van der Waals surface area contributed by atoms with E-state index in [9.17, 15) is 8.42 Å². The Morgan fingerprint density at radius 3 is 2.53 bits per heavy atom. The van der Waals surface area contributed by atoms with Crippen molar-refractivity contribution < 1.29 is 8.42 Å². The van der Waals surface area contributed by atoms with Crippen LogP contribution in [-0.4, -0.2) is 15.0 Å². The summed E-state index contributed by atoms with van der Waals surface area (Å²) in [7, 11) is -3.46. The molecule has 1 aromatic carbocycles. The van der Waals surface area contributed by atoms with Crippen molar-refractivity contribution in [2.45, 2.75) is 17.7 Å². The first-order valence-electron chi connectivity index (χ1n) is 5.87. The molecule has 4 nitrogen and oxygen atoms in total. The van der Waals surface area contributed by atoms with Crippen LogP contribution in [-0.2, 0) is 10.0 Å². The van der Waals surface area contributed by atoms with E-state index in [2.05, 4.69) is 4.72 Å². The van der Waals surface area contributed by atoms with Gasteiger partial charge >= 0.3 is 0 Å². The standard InChI is InChI=1S/C13H16N2O2S2/c1-10(13-3-2-8-18-13)9-15-19(16,17)12-6-4-11(14)5-7-12/h2-8,10,15H,9,14H2,1H3. The van der Waals surface area contributed by atoms with E-state index < -0.39 is 10.0 Å². The predicted octanol–water partition coefficient (Wildman–Crippen LogP) is 2.41. The second kappa shape index (κ2) is 5.73. The number of anilines is 1. The maximum atomic E-state index is 12.1. The topological polar surface area (TPSA) is 72.2 Å². The van der Waals surface area contributed by atoms with Crippen LogP contribution in [0.2, 0.25) is 0 Å². The lowest BCUT2D eigenvalue weighted by molar-refractivity contribution is 0.575. The minimum Gasteiger partial charge on any atom is -0.399 e. The van der Waals surface area contributed by atoms with Crippen molar-refractivity contribution in [2.75, 3.05) is 12.3 Å². The molecule has 6 heteroatoms. The number of nitrogens with two attached hydrogens (primary N) is 1. The summed E-state index contributed by atoms with van der Waals surface area (Å²) in [4.78, 5) is 1.40. The van der Waals surface area contributed by atoms with E-state index in [1.807, 2.05) is 24.4 Å². The summed E-state index contributed by atoms with van der Waals surface area (Å²) in [5.41, 5.74) is 6.09. The molecule has 0 amide bonds. The summed E-state index contributed by atoms with van der Waals surface area (Å²) in [5, 5.41) is 1.99. The molecule has 1 atom stereocenters. The zero-order valence-electron chi connectivity index (χ0n) is 10.5. The molecule has 102 valence electrons. The molecule has 0 aliphatic heterocycles. The van der Waals surface area contributed by atoms with Crippen molar-refractivity contribution in [3.63, 3.8) is 0 Å². The molecular formula is C13H16N2O2S2. The van der Waals surface area contributed by atoms with Gasteiger partial charge in [-0.1, -0.05) is 13.0 Å². The highest BCUT2D eigenvalue weighted by Gasteiger charge is 2.15. The first-order valence-corrected chi connectivity index (χ1v) is 8.24. The number of nitrogen functional groups attached to an aromatic ring is 1. The number of hydrogen-bond donors (Lipinski definition) is 2. The van der Waals surface area contributed by atoms with Crippen LogP contribution >= 0.6 is 11.3 Å². The molecule has 0 aliphatic rings. The fraction of sp³-hybridized carbons (Fsp3) is 0.231. The summed E-state index contributed by atoms with van der Waals surface area (Å²) in [5.74, 6) is 0.156. The second-order valence-electron chi connectivity index (χ2n) is 4.34. The summed E-state index contributed by atoms with van der Waals surface area (Å²) >= 11 is 1.63. The van der Waals surface area contributed by atoms with Crippen LogP contribution < -0.4 is 10.5 Å². The van der Waals surface area contributed by atoms with Gasteiger partial charge in [0.15, 0.2) is 0 Å². The Morgan fingerprint density at radius 2 is 1.95 bits per heavy atom. The van der Waals surface area contributed by atoms with Gasteiger partial charge in [-0.15, -0.1) is 11.3 Å². The number of sulfonamides is 1. The van der Waals surface area contributed by atoms with Crippen LogP contribution in [0, 0.1) is 0 Å². The molecule has 0 saturated carbocycles. The fourth-order valence-corrected chi connectivity index (χ4v) is 3.55. The zero-order valence-corrected chi connectivity index (χ0v) is 12.2. The Hall–Kier alpha value is -1.37. The maximum absolute atomic E-state index is 12.1. The van der Waals surface area contributed by atoms with E-state index in [-0.39, 0.29) is 10.8 Å². The van der Waals surface area contributed by atoms with Gasteiger partial charge in [-0.25, -0.2) is 13.1 Å². The molecule has 1 unspecified atom stereocenters. The minimum atomic E-state index is -3.46. The van der Waals surface area contributed by atoms with Crippen LogP contribution in [0.5, 0.6) is 0 Å². The third-order valence-corrected chi connectivity index (χ3v) is 5.34. The monoisotopic (exact) mass is 296 g/mol. The van der Waals surface area contributed by atoms with Crippen LogP contribution in [0.1, 0.15) is 17.7 Å². The average Bonchev–Trinajstić information content (AvgIpc) is 2.90. The van der Waals surface area contributed by atoms with Crippen LogP contribution in [0.15, 0.2) is 46.7 Å². The number of rotatable bonds is 5. The van der Waals surface area contributed by atoms with Crippen molar-refractivity contribution in [2.24, 2.45) is 0 Å². The molecule has 2 rings (SSSR count). The van der Waals surface area contributed by atoms with Crippen molar-refractivity contribution in [1.82, 2.24) is 4.72 Å². The normalized spacial score (nSPS) is 13.3. The highest BCUT2D eigenvalue weighted by molar-refractivity contribution is 7.89. The zero-order chi connectivity index (χ0) is 13.9. The molecule has 1 aromatic heterocycles. The lowest BCUT2D eigenvalue weighted by Gasteiger charge is -2.11. The SMILES string of the molecule is CC(CNS(=O)(=O)c1ccc(N)cc1)c1cccs1. The summed E-state index contributed by atoms with van der Waals surface area (Å²) in [6.07, 6.45) is 0. The molecule has 2 aromatic rings. The van der Waals surface area contributed by atoms with Gasteiger partial charge in [0, 0.05) is 23.0 Å². The molecule has 3 N–H and O–H groups in total. The van der Waals surface area contributed by atoms with E-state index in [1.54, 1.807) is 23.5 Å². The van der Waals surface area contributed by atoms with Gasteiger partial charge in [0.25, 0.3) is 0 Å². The van der Waals surface area contributed by atoms with Gasteiger partial charge in [0.2, 0.25) is 10.0 Å². The van der Waals surface area contributed by atoms with E-state index in [4.69, 9.17) is 5.73 Å². The van der Waals surface area contributed by atoms with Crippen LogP contribution in [0.3, 0.4) is 0 Å². The lowest BCUT2D eigenvalue weighted by Crippen LogP contribution is -2.27. The molecule has 0 spiro atoms. The first-order chi connectivity index (χ1) is 8.99. The predicted molar refractivity (Wildman–Crippen MR) is 78.8 cm³/mol. The van der Waals surface area contributed by atoms with Gasteiger partial charge in [0.05, 0.1) is 4.90 Å². The first kappa shape index (κ1) is 14.0. The van der Waals surface area contributed by atoms with Crippen LogP contribution in [0.25, 0.3) is 0 Å². The summed E-state index contributed by atoms with van der Waals surface area (Å²) < 4.78 is 26.8. The second-order valence-corrected chi connectivity index (χ2v) is 7.08. The van der Waals surface area contributed by atoms with E-state index in [0.29, 0.717) is 12.2 Å². The number of benzene rings is 1. The van der Waals surface area contributed by atoms with Gasteiger partial charge in [-0.05, 0) is 35.7 Å². The molecule has 0 fully saturated rings. The maximum Gasteiger partial charge on any atom is 0.240 e. The van der Waals surface area contributed by atoms with E-state index in [1.165, 1.54) is 17.0 Å². The Bertz CT molecular complexity index is 619. The largest absolute Gasteiger partial charge is 0.399 e. The molecular weight excluding hydrogens is 280 g/mol. The third kappa shape index (κ3) is 3.56.